The smallest absolute Gasteiger partial charge is 0.309 e. The molecular formula is C30H46O3. The maximum atomic E-state index is 13.0. The predicted octanol–water partition coefficient (Wildman–Crippen LogP) is 6.85. The van der Waals surface area contributed by atoms with Crippen LogP contribution in [0.15, 0.2) is 23.3 Å². The van der Waals surface area contributed by atoms with E-state index in [1.54, 1.807) is 5.57 Å². The van der Waals surface area contributed by atoms with Crippen molar-refractivity contribution in [3.8, 4) is 0 Å². The lowest BCUT2D eigenvalue weighted by Crippen LogP contribution is -2.58. The van der Waals surface area contributed by atoms with Crippen molar-refractivity contribution < 1.29 is 14.6 Å². The molecule has 0 bridgehead atoms. The van der Waals surface area contributed by atoms with Crippen molar-refractivity contribution in [2.75, 3.05) is 0 Å². The first-order chi connectivity index (χ1) is 15.3. The molecule has 4 fully saturated rings. The number of cyclic esters (lactones) is 1. The summed E-state index contributed by atoms with van der Waals surface area (Å²) in [4.78, 5) is 13.0. The number of rotatable bonds is 2. The number of esters is 1. The molecule has 3 heteroatoms. The van der Waals surface area contributed by atoms with Crippen LogP contribution >= 0.6 is 0 Å². The van der Waals surface area contributed by atoms with Crippen molar-refractivity contribution in [3.63, 3.8) is 0 Å². The van der Waals surface area contributed by atoms with Crippen molar-refractivity contribution in [2.45, 2.75) is 112 Å². The molecule has 33 heavy (non-hydrogen) atoms. The number of ether oxygens (including phenoxy) is 1. The van der Waals surface area contributed by atoms with Gasteiger partial charge in [-0.15, -0.1) is 0 Å². The van der Waals surface area contributed by atoms with E-state index < -0.39 is 0 Å². The maximum Gasteiger partial charge on any atom is 0.309 e. The van der Waals surface area contributed by atoms with Crippen LogP contribution in [0.2, 0.25) is 0 Å². The highest BCUT2D eigenvalue weighted by atomic mass is 16.5. The second kappa shape index (κ2) is 7.45. The van der Waals surface area contributed by atoms with Crippen LogP contribution in [-0.4, -0.2) is 23.3 Å². The van der Waals surface area contributed by atoms with Crippen LogP contribution in [-0.2, 0) is 9.53 Å². The molecule has 1 heterocycles. The molecule has 0 aromatic heterocycles. The van der Waals surface area contributed by atoms with Gasteiger partial charge in [-0.3, -0.25) is 4.79 Å². The fourth-order valence-corrected chi connectivity index (χ4v) is 9.82. The number of hydrogen-bond donors (Lipinski definition) is 1. The Bertz CT molecular complexity index is 894. The van der Waals surface area contributed by atoms with Crippen molar-refractivity contribution in [1.29, 1.82) is 0 Å². The summed E-state index contributed by atoms with van der Waals surface area (Å²) in [6.45, 7) is 16.4. The van der Waals surface area contributed by atoms with Gasteiger partial charge in [-0.2, -0.15) is 0 Å². The number of carbonyl (C=O) groups is 1. The molecule has 4 aliphatic carbocycles. The average Bonchev–Trinajstić information content (AvgIpc) is 3.20. The maximum absolute atomic E-state index is 13.0. The second-order valence-electron chi connectivity index (χ2n) is 13.9. The van der Waals surface area contributed by atoms with Gasteiger partial charge in [0.1, 0.15) is 6.10 Å². The fraction of sp³-hybridized carbons (Fsp3) is 0.833. The van der Waals surface area contributed by atoms with Gasteiger partial charge in [0.05, 0.1) is 12.0 Å². The van der Waals surface area contributed by atoms with E-state index in [0.717, 1.165) is 32.1 Å². The Kier molecular flexibility index (Phi) is 5.34. The van der Waals surface area contributed by atoms with Gasteiger partial charge in [-0.05, 0) is 104 Å². The Hall–Kier alpha value is -1.09. The Morgan fingerprint density at radius 2 is 1.79 bits per heavy atom. The van der Waals surface area contributed by atoms with Crippen LogP contribution in [0.1, 0.15) is 99.8 Å². The SMILES string of the molecule is CC(C)=C[C@@H]1C[C@@H]([C@@H]2CC[C@]3(C)C4=CC[C@H]5C(C)(C)[C@H](O)CC[C@]5(C)[C@H]4CC[C@@]23C)C(=O)O1. The number of aliphatic hydroxyl groups is 1. The lowest BCUT2D eigenvalue weighted by atomic mass is 9.41. The summed E-state index contributed by atoms with van der Waals surface area (Å²) in [5, 5.41) is 10.8. The van der Waals surface area contributed by atoms with Crippen LogP contribution in [0.5, 0.6) is 0 Å². The zero-order valence-electron chi connectivity index (χ0n) is 22.0. The number of carbonyl (C=O) groups excluding carboxylic acids is 1. The zero-order chi connectivity index (χ0) is 24.0. The molecule has 0 spiro atoms. The molecule has 0 radical (unpaired) electrons. The predicted molar refractivity (Wildman–Crippen MR) is 132 cm³/mol. The normalized spacial score (nSPS) is 50.5. The molecule has 1 N–H and O–H groups in total. The van der Waals surface area contributed by atoms with E-state index in [9.17, 15) is 9.90 Å². The van der Waals surface area contributed by atoms with Crippen molar-refractivity contribution >= 4 is 5.97 Å². The molecule has 1 aliphatic heterocycles. The van der Waals surface area contributed by atoms with Gasteiger partial charge in [-0.1, -0.05) is 51.8 Å². The van der Waals surface area contributed by atoms with Gasteiger partial charge in [-0.25, -0.2) is 0 Å². The third-order valence-corrected chi connectivity index (χ3v) is 11.9. The van der Waals surface area contributed by atoms with E-state index in [0.29, 0.717) is 17.8 Å². The molecule has 5 rings (SSSR count). The van der Waals surface area contributed by atoms with E-state index >= 15 is 0 Å². The molecule has 184 valence electrons. The molecule has 9 atom stereocenters. The van der Waals surface area contributed by atoms with E-state index in [4.69, 9.17) is 4.74 Å². The largest absolute Gasteiger partial charge is 0.458 e. The van der Waals surface area contributed by atoms with Crippen LogP contribution in [0, 0.1) is 45.3 Å². The molecule has 0 aromatic carbocycles. The highest BCUT2D eigenvalue weighted by Crippen LogP contribution is 2.73. The Labute approximate surface area is 201 Å². The van der Waals surface area contributed by atoms with Crippen LogP contribution in [0.25, 0.3) is 0 Å². The van der Waals surface area contributed by atoms with Crippen molar-refractivity contribution in [3.05, 3.63) is 23.3 Å². The molecule has 5 aliphatic rings. The Balaban J connectivity index is 1.47. The lowest BCUT2D eigenvalue weighted by Gasteiger charge is -2.64. The summed E-state index contributed by atoms with van der Waals surface area (Å²) in [5.41, 5.74) is 3.51. The molecule has 0 amide bonds. The van der Waals surface area contributed by atoms with Crippen LogP contribution in [0.3, 0.4) is 0 Å². The second-order valence-corrected chi connectivity index (χ2v) is 13.9. The van der Waals surface area contributed by atoms with Gasteiger partial charge in [0, 0.05) is 6.42 Å². The molecule has 0 aromatic rings. The first-order valence-electron chi connectivity index (χ1n) is 13.6. The third kappa shape index (κ3) is 3.13. The summed E-state index contributed by atoms with van der Waals surface area (Å²) in [5.74, 6) is 1.67. The highest BCUT2D eigenvalue weighted by molar-refractivity contribution is 5.75. The standard InChI is InChI=1S/C30H46O3/c1-18(2)16-19-17-20(26(32)33-19)21-10-14-30(7)23-8-9-24-27(3,4)25(31)12-13-28(24,5)22(23)11-15-29(21,30)6/h8,16,19-22,24-25,31H,9-15,17H2,1-7H3/t19-,20+,21+,22+,24+,25-,28-,29+,30-/m1/s1. The zero-order valence-corrected chi connectivity index (χ0v) is 22.0. The lowest BCUT2D eigenvalue weighted by molar-refractivity contribution is -0.147. The van der Waals surface area contributed by atoms with E-state index in [-0.39, 0.29) is 45.8 Å². The highest BCUT2D eigenvalue weighted by Gasteiger charge is 2.66. The molecule has 0 unspecified atom stereocenters. The summed E-state index contributed by atoms with van der Waals surface area (Å²) in [6.07, 6.45) is 13.3. The van der Waals surface area contributed by atoms with Gasteiger partial charge >= 0.3 is 5.97 Å². The quantitative estimate of drug-likeness (QED) is 0.366. The molecule has 3 saturated carbocycles. The Morgan fingerprint density at radius 1 is 1.06 bits per heavy atom. The van der Waals surface area contributed by atoms with Crippen molar-refractivity contribution in [2.24, 2.45) is 45.3 Å². The topological polar surface area (TPSA) is 46.5 Å². The number of allylic oxidation sites excluding steroid dienone is 3. The number of fused-ring (bicyclic) bond motifs is 5. The Morgan fingerprint density at radius 3 is 2.48 bits per heavy atom. The van der Waals surface area contributed by atoms with E-state index in [2.05, 4.69) is 60.6 Å². The van der Waals surface area contributed by atoms with Gasteiger partial charge in [0.25, 0.3) is 0 Å². The molecule has 3 nitrogen and oxygen atoms in total. The minimum atomic E-state index is -0.187. The van der Waals surface area contributed by atoms with Crippen LogP contribution < -0.4 is 0 Å². The van der Waals surface area contributed by atoms with Crippen molar-refractivity contribution in [1.82, 2.24) is 0 Å². The monoisotopic (exact) mass is 454 g/mol. The fourth-order valence-electron chi connectivity index (χ4n) is 9.82. The summed E-state index contributed by atoms with van der Waals surface area (Å²) in [7, 11) is 0. The first kappa shape index (κ1) is 23.6. The molecule has 1 saturated heterocycles. The average molecular weight is 455 g/mol. The van der Waals surface area contributed by atoms with Gasteiger partial charge < -0.3 is 9.84 Å². The molecular weight excluding hydrogens is 408 g/mol. The summed E-state index contributed by atoms with van der Waals surface area (Å²) < 4.78 is 5.83. The number of hydrogen-bond acceptors (Lipinski definition) is 3. The first-order valence-corrected chi connectivity index (χ1v) is 13.6. The summed E-state index contributed by atoms with van der Waals surface area (Å²) >= 11 is 0. The minimum absolute atomic E-state index is 0.0254. The summed E-state index contributed by atoms with van der Waals surface area (Å²) in [6, 6.07) is 0. The third-order valence-electron chi connectivity index (χ3n) is 11.9. The van der Waals surface area contributed by atoms with Gasteiger partial charge in [0.2, 0.25) is 0 Å². The van der Waals surface area contributed by atoms with Crippen LogP contribution in [0.4, 0.5) is 0 Å². The van der Waals surface area contributed by atoms with Gasteiger partial charge in [0.15, 0.2) is 0 Å². The van der Waals surface area contributed by atoms with E-state index in [1.807, 2.05) is 0 Å². The minimum Gasteiger partial charge on any atom is -0.458 e. The van der Waals surface area contributed by atoms with E-state index in [1.165, 1.54) is 24.8 Å². The number of aliphatic hydroxyl groups excluding tert-OH is 1.